The molecule has 0 amide bonds. The van der Waals surface area contributed by atoms with Crippen LogP contribution in [0.5, 0.6) is 0 Å². The summed E-state index contributed by atoms with van der Waals surface area (Å²) in [6.45, 7) is 4.17. The van der Waals surface area contributed by atoms with Gasteiger partial charge in [0.15, 0.2) is 0 Å². The van der Waals surface area contributed by atoms with Gasteiger partial charge in [0, 0.05) is 12.8 Å². The molecule has 0 bridgehead atoms. The van der Waals surface area contributed by atoms with Crippen molar-refractivity contribution < 1.29 is 8.78 Å². The minimum absolute atomic E-state index is 0.0464. The molecule has 0 radical (unpaired) electrons. The first-order valence-corrected chi connectivity index (χ1v) is 7.45. The molecular formula is C17H22F2. The fraction of sp³-hybridized carbons (Fsp3) is 0.647. The van der Waals surface area contributed by atoms with Gasteiger partial charge in [-0.25, -0.2) is 8.78 Å². The molecule has 2 atom stereocenters. The van der Waals surface area contributed by atoms with Crippen LogP contribution in [0.4, 0.5) is 8.78 Å². The number of hydrogen-bond acceptors (Lipinski definition) is 0. The second-order valence-corrected chi connectivity index (χ2v) is 6.52. The van der Waals surface area contributed by atoms with Crippen LogP contribution in [0.1, 0.15) is 67.6 Å². The highest BCUT2D eigenvalue weighted by Crippen LogP contribution is 2.48. The smallest absolute Gasteiger partial charge is 0.207 e. The largest absolute Gasteiger partial charge is 0.248 e. The zero-order chi connectivity index (χ0) is 13.6. The molecule has 0 saturated heterocycles. The summed E-state index contributed by atoms with van der Waals surface area (Å²) in [4.78, 5) is 0. The van der Waals surface area contributed by atoms with Gasteiger partial charge < -0.3 is 0 Å². The van der Waals surface area contributed by atoms with E-state index in [1.165, 1.54) is 29.5 Å². The second-order valence-electron chi connectivity index (χ2n) is 6.52. The fourth-order valence-corrected chi connectivity index (χ4v) is 3.74. The van der Waals surface area contributed by atoms with Gasteiger partial charge in [0.1, 0.15) is 0 Å². The van der Waals surface area contributed by atoms with E-state index in [1.807, 2.05) is 6.92 Å². The van der Waals surface area contributed by atoms with Crippen LogP contribution in [0.2, 0.25) is 0 Å². The van der Waals surface area contributed by atoms with E-state index in [0.717, 1.165) is 5.92 Å². The van der Waals surface area contributed by atoms with E-state index in [4.69, 9.17) is 0 Å². The van der Waals surface area contributed by atoms with Crippen LogP contribution < -0.4 is 0 Å². The predicted molar refractivity (Wildman–Crippen MR) is 73.9 cm³/mol. The first kappa shape index (κ1) is 13.1. The van der Waals surface area contributed by atoms with Gasteiger partial charge in [-0.15, -0.1) is 0 Å². The fourth-order valence-electron chi connectivity index (χ4n) is 3.74. The molecular weight excluding hydrogens is 242 g/mol. The van der Waals surface area contributed by atoms with Crippen molar-refractivity contribution in [2.24, 2.45) is 5.92 Å². The molecule has 104 valence electrons. The van der Waals surface area contributed by atoms with Crippen molar-refractivity contribution in [1.29, 1.82) is 0 Å². The third kappa shape index (κ3) is 2.54. The van der Waals surface area contributed by atoms with Crippen molar-refractivity contribution in [2.45, 2.75) is 63.7 Å². The van der Waals surface area contributed by atoms with Gasteiger partial charge in [-0.1, -0.05) is 25.1 Å². The Kier molecular flexibility index (Phi) is 3.15. The normalized spacial score (nSPS) is 30.3. The van der Waals surface area contributed by atoms with E-state index < -0.39 is 5.92 Å². The van der Waals surface area contributed by atoms with Crippen molar-refractivity contribution in [3.05, 3.63) is 34.9 Å². The quantitative estimate of drug-likeness (QED) is 0.670. The van der Waals surface area contributed by atoms with E-state index in [2.05, 4.69) is 25.1 Å². The molecule has 2 aliphatic carbocycles. The molecule has 0 aliphatic heterocycles. The summed E-state index contributed by atoms with van der Waals surface area (Å²) in [6.07, 6.45) is 3.31. The highest BCUT2D eigenvalue weighted by molar-refractivity contribution is 5.40. The van der Waals surface area contributed by atoms with Crippen molar-refractivity contribution in [3.8, 4) is 0 Å². The molecule has 19 heavy (non-hydrogen) atoms. The molecule has 0 aromatic heterocycles. The Morgan fingerprint density at radius 3 is 2.42 bits per heavy atom. The molecule has 0 spiro atoms. The molecule has 2 saturated carbocycles. The van der Waals surface area contributed by atoms with E-state index in [9.17, 15) is 8.78 Å². The van der Waals surface area contributed by atoms with Gasteiger partial charge >= 0.3 is 0 Å². The zero-order valence-corrected chi connectivity index (χ0v) is 11.8. The summed E-state index contributed by atoms with van der Waals surface area (Å²) < 4.78 is 26.9. The van der Waals surface area contributed by atoms with E-state index in [1.54, 1.807) is 0 Å². The molecule has 1 aromatic rings. The maximum atomic E-state index is 13.5. The van der Waals surface area contributed by atoms with Gasteiger partial charge in [-0.2, -0.15) is 0 Å². The average Bonchev–Trinajstić information content (AvgIpc) is 3.13. The Balaban J connectivity index is 1.88. The maximum Gasteiger partial charge on any atom is 0.248 e. The molecule has 2 heteroatoms. The predicted octanol–water partition coefficient (Wildman–Crippen LogP) is 5.41. The van der Waals surface area contributed by atoms with Crippen molar-refractivity contribution in [3.63, 3.8) is 0 Å². The van der Waals surface area contributed by atoms with Gasteiger partial charge in [0.05, 0.1) is 0 Å². The Hall–Kier alpha value is -0.920. The Morgan fingerprint density at radius 2 is 1.79 bits per heavy atom. The molecule has 0 heterocycles. The topological polar surface area (TPSA) is 0 Å². The monoisotopic (exact) mass is 264 g/mol. The lowest BCUT2D eigenvalue weighted by Gasteiger charge is -2.35. The lowest BCUT2D eigenvalue weighted by molar-refractivity contribution is -0.0556. The van der Waals surface area contributed by atoms with Crippen LogP contribution in [0, 0.1) is 12.8 Å². The van der Waals surface area contributed by atoms with Crippen LogP contribution >= 0.6 is 0 Å². The summed E-state index contributed by atoms with van der Waals surface area (Å²) in [5, 5.41) is 0. The number of rotatable bonds is 2. The Morgan fingerprint density at radius 1 is 1.11 bits per heavy atom. The first-order valence-electron chi connectivity index (χ1n) is 7.45. The van der Waals surface area contributed by atoms with E-state index in [0.29, 0.717) is 12.3 Å². The van der Waals surface area contributed by atoms with Crippen LogP contribution in [-0.2, 0) is 0 Å². The molecule has 3 rings (SSSR count). The first-order chi connectivity index (χ1) is 8.98. The number of alkyl halides is 2. The number of halogens is 2. The summed E-state index contributed by atoms with van der Waals surface area (Å²) >= 11 is 0. The summed E-state index contributed by atoms with van der Waals surface area (Å²) in [6, 6.07) is 6.50. The van der Waals surface area contributed by atoms with Crippen molar-refractivity contribution >= 4 is 0 Å². The highest BCUT2D eigenvalue weighted by atomic mass is 19.3. The summed E-state index contributed by atoms with van der Waals surface area (Å²) in [7, 11) is 0. The number of benzene rings is 1. The van der Waals surface area contributed by atoms with Gasteiger partial charge in [0.2, 0.25) is 5.92 Å². The minimum atomic E-state index is -2.45. The summed E-state index contributed by atoms with van der Waals surface area (Å²) in [5.74, 6) is -1.31. The molecule has 2 fully saturated rings. The van der Waals surface area contributed by atoms with Crippen LogP contribution in [0.3, 0.4) is 0 Å². The van der Waals surface area contributed by atoms with E-state index >= 15 is 0 Å². The lowest BCUT2D eigenvalue weighted by Crippen LogP contribution is -2.30. The minimum Gasteiger partial charge on any atom is -0.207 e. The highest BCUT2D eigenvalue weighted by Gasteiger charge is 2.40. The molecule has 1 unspecified atom stereocenters. The third-order valence-corrected chi connectivity index (χ3v) is 4.96. The SMILES string of the molecule is Cc1c(C2CC2)cccc1[C@@H]1CCC(F)(F)CC1C. The van der Waals surface area contributed by atoms with Crippen molar-refractivity contribution in [2.75, 3.05) is 0 Å². The third-order valence-electron chi connectivity index (χ3n) is 4.96. The molecule has 2 aliphatic rings. The van der Waals surface area contributed by atoms with Crippen LogP contribution in [0.15, 0.2) is 18.2 Å². The Bertz CT molecular complexity index is 474. The standard InChI is InChI=1S/C17H22F2/c1-11-10-17(18,19)9-8-14(11)16-5-3-4-15(12(16)2)13-6-7-13/h3-5,11,13-14H,6-10H2,1-2H3/t11?,14-/m1/s1. The lowest BCUT2D eigenvalue weighted by atomic mass is 9.73. The zero-order valence-electron chi connectivity index (χ0n) is 11.8. The molecule has 0 N–H and O–H groups in total. The number of hydrogen-bond donors (Lipinski definition) is 0. The van der Waals surface area contributed by atoms with E-state index in [-0.39, 0.29) is 18.8 Å². The van der Waals surface area contributed by atoms with Crippen LogP contribution in [0.25, 0.3) is 0 Å². The Labute approximate surface area is 114 Å². The molecule has 0 nitrogen and oxygen atoms in total. The average molecular weight is 264 g/mol. The van der Waals surface area contributed by atoms with Crippen molar-refractivity contribution in [1.82, 2.24) is 0 Å². The second kappa shape index (κ2) is 4.57. The summed E-state index contributed by atoms with van der Waals surface area (Å²) in [5.41, 5.74) is 4.15. The van der Waals surface area contributed by atoms with Gasteiger partial charge in [-0.3, -0.25) is 0 Å². The maximum absolute atomic E-state index is 13.5. The van der Waals surface area contributed by atoms with Gasteiger partial charge in [0.25, 0.3) is 0 Å². The van der Waals surface area contributed by atoms with Crippen LogP contribution in [-0.4, -0.2) is 5.92 Å². The molecule has 1 aromatic carbocycles. The van der Waals surface area contributed by atoms with Gasteiger partial charge in [-0.05, 0) is 60.6 Å².